The van der Waals surface area contributed by atoms with E-state index >= 15 is 0 Å². The minimum Gasteiger partial charge on any atom is -0.326 e. The molecule has 2 rings (SSSR count). The molecule has 0 aliphatic carbocycles. The summed E-state index contributed by atoms with van der Waals surface area (Å²) in [6, 6.07) is 12.2. The summed E-state index contributed by atoms with van der Waals surface area (Å²) in [5, 5.41) is 7.33. The Morgan fingerprint density at radius 1 is 1.08 bits per heavy atom. The molecule has 24 heavy (non-hydrogen) atoms. The number of nitrogens with zero attached hydrogens (tertiary/aromatic N) is 1. The van der Waals surface area contributed by atoms with Crippen LogP contribution in [0.2, 0.25) is 10.0 Å². The Bertz CT molecular complexity index is 774. The zero-order valence-corrected chi connectivity index (χ0v) is 14.4. The third-order valence-electron chi connectivity index (χ3n) is 3.01. The van der Waals surface area contributed by atoms with Crippen LogP contribution in [0.15, 0.2) is 47.6 Å². The summed E-state index contributed by atoms with van der Waals surface area (Å²) in [5.74, 6) is -0.947. The standard InChI is InChI=1S/C17H15Cl2N3O2/c1-11-2-6-14(7-3-11)21-16(23)9-17(24)22-20-10-12-4-5-13(18)8-15(12)19/h2-8,10H,9H2,1H3,(H,21,23)(H,22,24). The Kier molecular flexibility index (Phi) is 6.35. The highest BCUT2D eigenvalue weighted by Gasteiger charge is 2.09. The zero-order chi connectivity index (χ0) is 17.5. The third kappa shape index (κ3) is 5.68. The van der Waals surface area contributed by atoms with E-state index in [1.807, 2.05) is 19.1 Å². The molecule has 2 aromatic carbocycles. The summed E-state index contributed by atoms with van der Waals surface area (Å²) in [5.41, 5.74) is 4.60. The van der Waals surface area contributed by atoms with Crippen molar-refractivity contribution in [3.05, 3.63) is 63.6 Å². The van der Waals surface area contributed by atoms with Crippen LogP contribution in [0.3, 0.4) is 0 Å². The maximum atomic E-state index is 11.8. The molecule has 0 saturated heterocycles. The van der Waals surface area contributed by atoms with E-state index in [-0.39, 0.29) is 6.42 Å². The van der Waals surface area contributed by atoms with Crippen molar-refractivity contribution in [2.75, 3.05) is 5.32 Å². The van der Waals surface area contributed by atoms with Gasteiger partial charge in [0.05, 0.1) is 11.2 Å². The zero-order valence-electron chi connectivity index (χ0n) is 12.8. The summed E-state index contributed by atoms with van der Waals surface area (Å²) in [6.45, 7) is 1.95. The number of hydrogen-bond acceptors (Lipinski definition) is 3. The van der Waals surface area contributed by atoms with Gasteiger partial charge < -0.3 is 5.32 Å². The second-order valence-corrected chi connectivity index (χ2v) is 5.89. The average molecular weight is 364 g/mol. The van der Waals surface area contributed by atoms with E-state index in [0.29, 0.717) is 21.3 Å². The number of carbonyl (C=O) groups is 2. The Labute approximate surface area is 149 Å². The van der Waals surface area contributed by atoms with Crippen molar-refractivity contribution in [2.45, 2.75) is 13.3 Å². The van der Waals surface area contributed by atoms with Gasteiger partial charge in [0, 0.05) is 16.3 Å². The van der Waals surface area contributed by atoms with Crippen LogP contribution in [0.1, 0.15) is 17.5 Å². The summed E-state index contributed by atoms with van der Waals surface area (Å²) in [4.78, 5) is 23.5. The smallest absolute Gasteiger partial charge is 0.249 e. The van der Waals surface area contributed by atoms with Crippen molar-refractivity contribution in [1.82, 2.24) is 5.43 Å². The van der Waals surface area contributed by atoms with Gasteiger partial charge in [-0.1, -0.05) is 47.0 Å². The molecule has 0 aromatic heterocycles. The monoisotopic (exact) mass is 363 g/mol. The van der Waals surface area contributed by atoms with Crippen LogP contribution in [-0.4, -0.2) is 18.0 Å². The van der Waals surface area contributed by atoms with Gasteiger partial charge in [0.1, 0.15) is 6.42 Å². The van der Waals surface area contributed by atoms with E-state index in [9.17, 15) is 9.59 Å². The minimum absolute atomic E-state index is 0.334. The summed E-state index contributed by atoms with van der Waals surface area (Å²) >= 11 is 11.8. The lowest BCUT2D eigenvalue weighted by Crippen LogP contribution is -2.24. The molecule has 0 saturated carbocycles. The topological polar surface area (TPSA) is 70.6 Å². The average Bonchev–Trinajstić information content (AvgIpc) is 2.51. The highest BCUT2D eigenvalue weighted by atomic mass is 35.5. The summed E-state index contributed by atoms with van der Waals surface area (Å²) in [6.07, 6.45) is 1.05. The van der Waals surface area contributed by atoms with Gasteiger partial charge >= 0.3 is 0 Å². The molecule has 0 aliphatic rings. The SMILES string of the molecule is Cc1ccc(NC(=O)CC(=O)NN=Cc2ccc(Cl)cc2Cl)cc1. The largest absolute Gasteiger partial charge is 0.326 e. The molecule has 0 fully saturated rings. The first-order valence-electron chi connectivity index (χ1n) is 7.07. The predicted molar refractivity (Wildman–Crippen MR) is 96.6 cm³/mol. The molecule has 0 unspecified atom stereocenters. The highest BCUT2D eigenvalue weighted by molar-refractivity contribution is 6.36. The van der Waals surface area contributed by atoms with E-state index in [2.05, 4.69) is 15.8 Å². The number of anilines is 1. The third-order valence-corrected chi connectivity index (χ3v) is 3.57. The lowest BCUT2D eigenvalue weighted by Gasteiger charge is -2.05. The second-order valence-electron chi connectivity index (χ2n) is 5.05. The molecule has 5 nitrogen and oxygen atoms in total. The number of nitrogens with one attached hydrogen (secondary N) is 2. The lowest BCUT2D eigenvalue weighted by atomic mass is 10.2. The molecular weight excluding hydrogens is 349 g/mol. The second kappa shape index (κ2) is 8.47. The maximum Gasteiger partial charge on any atom is 0.249 e. The van der Waals surface area contributed by atoms with Crippen molar-refractivity contribution < 1.29 is 9.59 Å². The van der Waals surface area contributed by atoms with Crippen LogP contribution in [0.25, 0.3) is 0 Å². The predicted octanol–water partition coefficient (Wildman–Crippen LogP) is 3.78. The fourth-order valence-electron chi connectivity index (χ4n) is 1.81. The van der Waals surface area contributed by atoms with Gasteiger partial charge in [0.15, 0.2) is 0 Å². The first kappa shape index (κ1) is 18.0. The van der Waals surface area contributed by atoms with Crippen LogP contribution in [-0.2, 0) is 9.59 Å². The van der Waals surface area contributed by atoms with Crippen LogP contribution in [0, 0.1) is 6.92 Å². The Morgan fingerprint density at radius 2 is 1.79 bits per heavy atom. The molecule has 0 heterocycles. The Balaban J connectivity index is 1.83. The molecule has 2 aromatic rings. The van der Waals surface area contributed by atoms with Crippen LogP contribution in [0.4, 0.5) is 5.69 Å². The number of benzene rings is 2. The Morgan fingerprint density at radius 3 is 2.46 bits per heavy atom. The molecule has 2 N–H and O–H groups in total. The van der Waals surface area contributed by atoms with Gasteiger partial charge in [0.2, 0.25) is 11.8 Å². The van der Waals surface area contributed by atoms with Crippen molar-refractivity contribution in [2.24, 2.45) is 5.10 Å². The molecular formula is C17H15Cl2N3O2. The van der Waals surface area contributed by atoms with Crippen LogP contribution in [0.5, 0.6) is 0 Å². The van der Waals surface area contributed by atoms with E-state index in [1.54, 1.807) is 30.3 Å². The van der Waals surface area contributed by atoms with Gasteiger partial charge in [-0.25, -0.2) is 5.43 Å². The molecule has 0 radical (unpaired) electrons. The van der Waals surface area contributed by atoms with Crippen molar-refractivity contribution in [3.63, 3.8) is 0 Å². The molecule has 0 spiro atoms. The summed E-state index contributed by atoms with van der Waals surface area (Å²) < 4.78 is 0. The Hall–Kier alpha value is -2.37. The molecule has 0 atom stereocenters. The van der Waals surface area contributed by atoms with E-state index < -0.39 is 11.8 Å². The fourth-order valence-corrected chi connectivity index (χ4v) is 2.26. The van der Waals surface area contributed by atoms with Crippen molar-refractivity contribution in [3.8, 4) is 0 Å². The molecule has 124 valence electrons. The van der Waals surface area contributed by atoms with Gasteiger partial charge in [-0.2, -0.15) is 5.10 Å². The summed E-state index contributed by atoms with van der Waals surface area (Å²) in [7, 11) is 0. The number of halogens is 2. The van der Waals surface area contributed by atoms with Gasteiger partial charge in [-0.05, 0) is 31.2 Å². The maximum absolute atomic E-state index is 11.8. The van der Waals surface area contributed by atoms with Gasteiger partial charge in [-0.15, -0.1) is 0 Å². The number of rotatable bonds is 5. The molecule has 7 heteroatoms. The molecule has 0 aliphatic heterocycles. The molecule has 0 bridgehead atoms. The fraction of sp³-hybridized carbons (Fsp3) is 0.118. The van der Waals surface area contributed by atoms with Crippen LogP contribution >= 0.6 is 23.2 Å². The lowest BCUT2D eigenvalue weighted by molar-refractivity contribution is -0.126. The normalized spacial score (nSPS) is 10.6. The highest BCUT2D eigenvalue weighted by Crippen LogP contribution is 2.19. The number of amides is 2. The van der Waals surface area contributed by atoms with E-state index in [1.165, 1.54) is 6.21 Å². The van der Waals surface area contributed by atoms with Crippen molar-refractivity contribution >= 4 is 46.9 Å². The number of aryl methyl sites for hydroxylation is 1. The first-order valence-corrected chi connectivity index (χ1v) is 7.83. The van der Waals surface area contributed by atoms with E-state index in [4.69, 9.17) is 23.2 Å². The van der Waals surface area contributed by atoms with E-state index in [0.717, 1.165) is 5.56 Å². The van der Waals surface area contributed by atoms with Gasteiger partial charge in [-0.3, -0.25) is 9.59 Å². The number of hydrogen-bond donors (Lipinski definition) is 2. The number of carbonyl (C=O) groups excluding carboxylic acids is 2. The van der Waals surface area contributed by atoms with Crippen molar-refractivity contribution in [1.29, 1.82) is 0 Å². The molecule has 2 amide bonds. The van der Waals surface area contributed by atoms with Gasteiger partial charge in [0.25, 0.3) is 0 Å². The number of hydrazone groups is 1. The minimum atomic E-state index is -0.527. The first-order chi connectivity index (χ1) is 11.4. The van der Waals surface area contributed by atoms with Crippen LogP contribution < -0.4 is 10.7 Å². The quantitative estimate of drug-likeness (QED) is 0.482.